The smallest absolute Gasteiger partial charge is 0.0643 e. The second-order valence-electron chi connectivity index (χ2n) is 3.41. The van der Waals surface area contributed by atoms with E-state index >= 15 is 0 Å². The van der Waals surface area contributed by atoms with Crippen LogP contribution in [0, 0.1) is 0 Å². The zero-order valence-electron chi connectivity index (χ0n) is 8.43. The highest BCUT2D eigenvalue weighted by atomic mass is 32.2. The molecule has 1 unspecified atom stereocenters. The fourth-order valence-corrected chi connectivity index (χ4v) is 1.12. The molecule has 2 nitrogen and oxygen atoms in total. The van der Waals surface area contributed by atoms with Crippen LogP contribution in [0.1, 0.15) is 26.7 Å². The normalized spacial score (nSPS) is 16.0. The highest BCUT2D eigenvalue weighted by Crippen LogP contribution is 2.05. The van der Waals surface area contributed by atoms with Crippen LogP contribution in [-0.4, -0.2) is 30.8 Å². The predicted molar refractivity (Wildman–Crippen MR) is 56.7 cm³/mol. The maximum atomic E-state index is 5.90. The van der Waals surface area contributed by atoms with E-state index in [4.69, 9.17) is 10.5 Å². The summed E-state index contributed by atoms with van der Waals surface area (Å²) >= 11 is 1.85. The van der Waals surface area contributed by atoms with Crippen LogP contribution in [-0.2, 0) is 4.74 Å². The molecule has 0 saturated heterocycles. The van der Waals surface area contributed by atoms with Crippen molar-refractivity contribution in [1.82, 2.24) is 0 Å². The zero-order valence-corrected chi connectivity index (χ0v) is 9.25. The van der Waals surface area contributed by atoms with E-state index in [9.17, 15) is 0 Å². The third-order valence-electron chi connectivity index (χ3n) is 1.88. The van der Waals surface area contributed by atoms with Crippen molar-refractivity contribution in [2.24, 2.45) is 5.73 Å². The first-order valence-electron chi connectivity index (χ1n) is 4.48. The average molecular weight is 191 g/mol. The largest absolute Gasteiger partial charge is 0.380 e. The van der Waals surface area contributed by atoms with Gasteiger partial charge in [-0.25, -0.2) is 0 Å². The summed E-state index contributed by atoms with van der Waals surface area (Å²) in [5, 5.41) is 0. The van der Waals surface area contributed by atoms with Crippen molar-refractivity contribution >= 4 is 11.8 Å². The van der Waals surface area contributed by atoms with Gasteiger partial charge in [0, 0.05) is 12.1 Å². The van der Waals surface area contributed by atoms with Gasteiger partial charge in [0.15, 0.2) is 0 Å². The Balaban J connectivity index is 3.19. The molecule has 0 aromatic rings. The number of hydrogen-bond donors (Lipinski definition) is 1. The Bertz CT molecular complexity index is 107. The van der Waals surface area contributed by atoms with E-state index in [-0.39, 0.29) is 5.54 Å². The molecule has 0 aromatic heterocycles. The Morgan fingerprint density at radius 3 is 2.67 bits per heavy atom. The number of hydrogen-bond acceptors (Lipinski definition) is 3. The second-order valence-corrected chi connectivity index (χ2v) is 4.39. The van der Waals surface area contributed by atoms with Crippen molar-refractivity contribution in [3.8, 4) is 0 Å². The molecule has 12 heavy (non-hydrogen) atoms. The first-order valence-corrected chi connectivity index (χ1v) is 5.87. The van der Waals surface area contributed by atoms with Gasteiger partial charge in [-0.2, -0.15) is 11.8 Å². The van der Waals surface area contributed by atoms with E-state index in [2.05, 4.69) is 13.2 Å². The summed E-state index contributed by atoms with van der Waals surface area (Å²) in [5.74, 6) is 1.17. The molecule has 0 saturated carbocycles. The van der Waals surface area contributed by atoms with E-state index in [1.54, 1.807) is 0 Å². The van der Waals surface area contributed by atoms with Crippen molar-refractivity contribution in [2.75, 3.05) is 25.2 Å². The van der Waals surface area contributed by atoms with Crippen LogP contribution in [0.4, 0.5) is 0 Å². The molecule has 0 fully saturated rings. The topological polar surface area (TPSA) is 35.2 Å². The van der Waals surface area contributed by atoms with Crippen LogP contribution < -0.4 is 5.73 Å². The molecule has 0 radical (unpaired) electrons. The summed E-state index contributed by atoms with van der Waals surface area (Å²) in [6, 6.07) is 0. The lowest BCUT2D eigenvalue weighted by Gasteiger charge is -2.22. The Morgan fingerprint density at radius 1 is 1.50 bits per heavy atom. The summed E-state index contributed by atoms with van der Waals surface area (Å²) in [6.45, 7) is 5.64. The van der Waals surface area contributed by atoms with Crippen LogP contribution in [0.5, 0.6) is 0 Å². The second kappa shape index (κ2) is 6.75. The summed E-state index contributed by atoms with van der Waals surface area (Å²) in [5.41, 5.74) is 5.76. The van der Waals surface area contributed by atoms with Gasteiger partial charge in [0.2, 0.25) is 0 Å². The lowest BCUT2D eigenvalue weighted by molar-refractivity contribution is 0.0906. The van der Waals surface area contributed by atoms with Gasteiger partial charge in [0.25, 0.3) is 0 Å². The summed E-state index contributed by atoms with van der Waals surface area (Å²) in [7, 11) is 0. The Hall–Kier alpha value is 0.270. The molecule has 0 heterocycles. The van der Waals surface area contributed by atoms with Gasteiger partial charge in [-0.05, 0) is 31.8 Å². The van der Waals surface area contributed by atoms with E-state index in [0.29, 0.717) is 6.61 Å². The van der Waals surface area contributed by atoms with Gasteiger partial charge >= 0.3 is 0 Å². The quantitative estimate of drug-likeness (QED) is 0.624. The van der Waals surface area contributed by atoms with Crippen molar-refractivity contribution in [2.45, 2.75) is 32.2 Å². The van der Waals surface area contributed by atoms with Crippen LogP contribution >= 0.6 is 11.8 Å². The highest BCUT2D eigenvalue weighted by molar-refractivity contribution is 7.98. The molecule has 0 rings (SSSR count). The number of thioether (sulfide) groups is 1. The van der Waals surface area contributed by atoms with Crippen LogP contribution in [0.25, 0.3) is 0 Å². The maximum absolute atomic E-state index is 5.90. The summed E-state index contributed by atoms with van der Waals surface area (Å²) < 4.78 is 5.45. The van der Waals surface area contributed by atoms with Crippen molar-refractivity contribution in [1.29, 1.82) is 0 Å². The number of ether oxygens (including phenoxy) is 1. The minimum absolute atomic E-state index is 0.140. The van der Waals surface area contributed by atoms with Gasteiger partial charge in [-0.1, -0.05) is 6.92 Å². The standard InChI is InChI=1S/C9H21NOS/c1-4-9(2,10)8-11-6-5-7-12-3/h4-8,10H2,1-3H3. The Morgan fingerprint density at radius 2 is 2.17 bits per heavy atom. The van der Waals surface area contributed by atoms with Crippen molar-refractivity contribution in [3.63, 3.8) is 0 Å². The lowest BCUT2D eigenvalue weighted by atomic mass is 10.0. The Labute approximate surface area is 80.2 Å². The third kappa shape index (κ3) is 6.95. The van der Waals surface area contributed by atoms with E-state index < -0.39 is 0 Å². The minimum atomic E-state index is -0.140. The summed E-state index contributed by atoms with van der Waals surface area (Å²) in [6.07, 6.45) is 4.20. The molecule has 0 bridgehead atoms. The molecule has 0 aliphatic rings. The molecule has 74 valence electrons. The van der Waals surface area contributed by atoms with Crippen LogP contribution in [0.15, 0.2) is 0 Å². The monoisotopic (exact) mass is 191 g/mol. The Kier molecular flexibility index (Phi) is 6.90. The van der Waals surface area contributed by atoms with Crippen LogP contribution in [0.3, 0.4) is 0 Å². The summed E-state index contributed by atoms with van der Waals surface area (Å²) in [4.78, 5) is 0. The fraction of sp³-hybridized carbons (Fsp3) is 1.00. The van der Waals surface area contributed by atoms with Gasteiger partial charge in [-0.15, -0.1) is 0 Å². The molecular formula is C9H21NOS. The third-order valence-corrected chi connectivity index (χ3v) is 2.57. The van der Waals surface area contributed by atoms with E-state index in [1.807, 2.05) is 18.7 Å². The van der Waals surface area contributed by atoms with Crippen molar-refractivity contribution in [3.05, 3.63) is 0 Å². The molecular weight excluding hydrogens is 170 g/mol. The maximum Gasteiger partial charge on any atom is 0.0643 e. The van der Waals surface area contributed by atoms with Gasteiger partial charge in [-0.3, -0.25) is 0 Å². The first kappa shape index (κ1) is 12.3. The fourth-order valence-electron chi connectivity index (χ4n) is 0.713. The minimum Gasteiger partial charge on any atom is -0.380 e. The van der Waals surface area contributed by atoms with E-state index in [0.717, 1.165) is 19.4 Å². The van der Waals surface area contributed by atoms with Gasteiger partial charge < -0.3 is 10.5 Å². The van der Waals surface area contributed by atoms with Gasteiger partial charge in [0.1, 0.15) is 0 Å². The molecule has 0 aliphatic carbocycles. The first-order chi connectivity index (χ1) is 5.62. The predicted octanol–water partition coefficient (Wildman–Crippen LogP) is 1.88. The molecule has 0 spiro atoms. The van der Waals surface area contributed by atoms with Crippen LogP contribution in [0.2, 0.25) is 0 Å². The zero-order chi connectivity index (χ0) is 9.45. The highest BCUT2D eigenvalue weighted by Gasteiger charge is 2.14. The molecule has 1 atom stereocenters. The molecule has 0 aromatic carbocycles. The molecule has 2 N–H and O–H groups in total. The lowest BCUT2D eigenvalue weighted by Crippen LogP contribution is -2.40. The average Bonchev–Trinajstić information content (AvgIpc) is 2.04. The number of rotatable bonds is 7. The SMILES string of the molecule is CCC(C)(N)COCCCSC. The molecule has 0 aliphatic heterocycles. The number of nitrogens with two attached hydrogens (primary N) is 1. The molecule has 3 heteroatoms. The van der Waals surface area contributed by atoms with E-state index in [1.165, 1.54) is 5.75 Å². The van der Waals surface area contributed by atoms with Gasteiger partial charge in [0.05, 0.1) is 6.61 Å². The molecule has 0 amide bonds. The van der Waals surface area contributed by atoms with Crippen molar-refractivity contribution < 1.29 is 4.74 Å².